The first kappa shape index (κ1) is 18.5. The van der Waals surface area contributed by atoms with Gasteiger partial charge in [0.15, 0.2) is 5.72 Å². The molecule has 3 heterocycles. The molecule has 4 aliphatic rings. The van der Waals surface area contributed by atoms with E-state index in [1.54, 1.807) is 14.0 Å². The molecule has 0 amide bonds. The topological polar surface area (TPSA) is 107 Å². The van der Waals surface area contributed by atoms with E-state index in [1.165, 1.54) is 6.92 Å². The maximum atomic E-state index is 13.3. The number of piperazine rings is 1. The molecule has 0 bridgehead atoms. The van der Waals surface area contributed by atoms with Crippen molar-refractivity contribution in [3.8, 4) is 0 Å². The van der Waals surface area contributed by atoms with Crippen molar-refractivity contribution >= 4 is 30.2 Å². The van der Waals surface area contributed by atoms with Gasteiger partial charge in [-0.25, -0.2) is 0 Å². The Morgan fingerprint density at radius 1 is 1.41 bits per heavy atom. The van der Waals surface area contributed by atoms with Gasteiger partial charge in [0.1, 0.15) is 6.61 Å². The van der Waals surface area contributed by atoms with Crippen LogP contribution in [0.4, 0.5) is 0 Å². The van der Waals surface area contributed by atoms with Crippen LogP contribution in [0, 0.1) is 5.92 Å². The SMILES string of the molecule is CO[C@@]12[C@H](COC(C)=O)C3=C(C(=O)C(C)=C(NCCS)C3=O)N1C[C@@H]1N[C@@H]12. The van der Waals surface area contributed by atoms with Crippen LogP contribution in [0.1, 0.15) is 13.8 Å². The maximum Gasteiger partial charge on any atom is 0.302 e. The van der Waals surface area contributed by atoms with E-state index in [0.29, 0.717) is 41.4 Å². The van der Waals surface area contributed by atoms with Gasteiger partial charge in [0.2, 0.25) is 11.6 Å². The molecule has 0 spiro atoms. The third-order valence-electron chi connectivity index (χ3n) is 5.90. The summed E-state index contributed by atoms with van der Waals surface area (Å²) < 4.78 is 11.2. The van der Waals surface area contributed by atoms with Crippen molar-refractivity contribution in [3.63, 3.8) is 0 Å². The lowest BCUT2D eigenvalue weighted by molar-refractivity contribution is -0.156. The molecule has 4 rings (SSSR count). The number of ether oxygens (including phenoxy) is 2. The highest BCUT2D eigenvalue weighted by Gasteiger charge is 2.72. The summed E-state index contributed by atoms with van der Waals surface area (Å²) in [6, 6.07) is 0.193. The van der Waals surface area contributed by atoms with Crippen molar-refractivity contribution in [2.24, 2.45) is 5.92 Å². The van der Waals surface area contributed by atoms with Crippen molar-refractivity contribution in [2.75, 3.05) is 32.6 Å². The quantitative estimate of drug-likeness (QED) is 0.237. The lowest BCUT2D eigenvalue weighted by Gasteiger charge is -2.39. The zero-order valence-electron chi connectivity index (χ0n) is 15.5. The van der Waals surface area contributed by atoms with Crippen molar-refractivity contribution in [1.82, 2.24) is 15.5 Å². The Bertz CT molecular complexity index is 807. The van der Waals surface area contributed by atoms with E-state index < -0.39 is 17.6 Å². The lowest BCUT2D eigenvalue weighted by Crippen LogP contribution is -2.55. The van der Waals surface area contributed by atoms with Crippen LogP contribution >= 0.6 is 12.6 Å². The van der Waals surface area contributed by atoms with Crippen LogP contribution in [0.25, 0.3) is 0 Å². The van der Waals surface area contributed by atoms with Gasteiger partial charge in [0.05, 0.1) is 23.4 Å². The molecule has 0 aromatic heterocycles. The summed E-state index contributed by atoms with van der Waals surface area (Å²) in [6.07, 6.45) is 0. The van der Waals surface area contributed by atoms with E-state index in [4.69, 9.17) is 9.47 Å². The third-order valence-corrected chi connectivity index (χ3v) is 6.13. The fourth-order valence-electron chi connectivity index (χ4n) is 4.72. The largest absolute Gasteiger partial charge is 0.465 e. The number of allylic oxidation sites excluding steroid dienone is 2. The van der Waals surface area contributed by atoms with Gasteiger partial charge in [-0.15, -0.1) is 0 Å². The smallest absolute Gasteiger partial charge is 0.302 e. The molecular formula is C18H23N3O5S. The first-order chi connectivity index (χ1) is 12.9. The van der Waals surface area contributed by atoms with E-state index >= 15 is 0 Å². The number of rotatable bonds is 6. The van der Waals surface area contributed by atoms with Crippen LogP contribution in [0.3, 0.4) is 0 Å². The minimum Gasteiger partial charge on any atom is -0.465 e. The number of esters is 1. The second kappa shape index (κ2) is 6.35. The van der Waals surface area contributed by atoms with Crippen LogP contribution in [0.5, 0.6) is 0 Å². The average Bonchev–Trinajstić information content (AvgIpc) is 3.24. The Hall–Kier alpha value is -1.84. The molecule has 0 aromatic rings. The first-order valence-corrected chi connectivity index (χ1v) is 9.63. The summed E-state index contributed by atoms with van der Waals surface area (Å²) in [6.45, 7) is 4.03. The highest BCUT2D eigenvalue weighted by molar-refractivity contribution is 7.80. The molecule has 2 N–H and O–H groups in total. The number of hydrogen-bond acceptors (Lipinski definition) is 9. The minimum absolute atomic E-state index is 0.0107. The zero-order valence-corrected chi connectivity index (χ0v) is 16.4. The van der Waals surface area contributed by atoms with Crippen LogP contribution in [0.15, 0.2) is 22.5 Å². The Labute approximate surface area is 162 Å². The summed E-state index contributed by atoms with van der Waals surface area (Å²) in [7, 11) is 1.57. The fraction of sp³-hybridized carbons (Fsp3) is 0.611. The predicted molar refractivity (Wildman–Crippen MR) is 98.9 cm³/mol. The van der Waals surface area contributed by atoms with Gasteiger partial charge < -0.3 is 25.0 Å². The molecule has 0 unspecified atom stereocenters. The van der Waals surface area contributed by atoms with Gasteiger partial charge in [-0.1, -0.05) is 0 Å². The average molecular weight is 393 g/mol. The van der Waals surface area contributed by atoms with Crippen LogP contribution < -0.4 is 10.6 Å². The molecule has 0 aromatic carbocycles. The molecule has 2 fully saturated rings. The zero-order chi connectivity index (χ0) is 19.5. The number of nitrogens with zero attached hydrogens (tertiary/aromatic N) is 1. The normalized spacial score (nSPS) is 33.9. The highest BCUT2D eigenvalue weighted by Crippen LogP contribution is 2.55. The van der Waals surface area contributed by atoms with Gasteiger partial charge in [-0.3, -0.25) is 14.4 Å². The number of methoxy groups -OCH3 is 1. The Morgan fingerprint density at radius 2 is 2.15 bits per heavy atom. The second-order valence-corrected chi connectivity index (χ2v) is 7.69. The monoisotopic (exact) mass is 393 g/mol. The number of hydrogen-bond donors (Lipinski definition) is 3. The summed E-state index contributed by atoms with van der Waals surface area (Å²) >= 11 is 4.16. The maximum absolute atomic E-state index is 13.3. The predicted octanol–water partition coefficient (Wildman–Crippen LogP) is -0.623. The Morgan fingerprint density at radius 3 is 2.78 bits per heavy atom. The molecule has 4 atom stereocenters. The third kappa shape index (κ3) is 2.41. The van der Waals surface area contributed by atoms with E-state index in [1.807, 2.05) is 4.90 Å². The molecule has 1 aliphatic carbocycles. The molecule has 8 nitrogen and oxygen atoms in total. The van der Waals surface area contributed by atoms with E-state index in [0.717, 1.165) is 0 Å². The van der Waals surface area contributed by atoms with Crippen molar-refractivity contribution in [3.05, 3.63) is 22.5 Å². The Kier molecular flexibility index (Phi) is 4.36. The number of ketones is 2. The van der Waals surface area contributed by atoms with E-state index in [9.17, 15) is 14.4 Å². The number of carbonyl (C=O) groups excluding carboxylic acids is 3. The molecule has 0 saturated carbocycles. The van der Waals surface area contributed by atoms with Gasteiger partial charge in [0, 0.05) is 50.1 Å². The number of thiol groups is 1. The summed E-state index contributed by atoms with van der Waals surface area (Å²) in [5.74, 6) is -0.856. The molecular weight excluding hydrogens is 370 g/mol. The molecule has 3 aliphatic heterocycles. The molecule has 27 heavy (non-hydrogen) atoms. The standard InChI is InChI=1S/C18H23N3O5S/c1-8-13(19-4-5-27)16(24)12-10(7-26-9(2)22)18(25-3)17-11(20-17)6-21(18)14(12)15(8)23/h10-11,17,19-20,27H,4-7H2,1-3H3/t10-,11+,17+,18-/m1/s1. The summed E-state index contributed by atoms with van der Waals surface area (Å²) in [5.41, 5.74) is 0.569. The number of carbonyl (C=O) groups is 3. The van der Waals surface area contributed by atoms with Crippen molar-refractivity contribution in [2.45, 2.75) is 31.7 Å². The second-order valence-electron chi connectivity index (χ2n) is 7.24. The summed E-state index contributed by atoms with van der Waals surface area (Å²) in [4.78, 5) is 39.9. The van der Waals surface area contributed by atoms with Gasteiger partial charge in [-0.2, -0.15) is 12.6 Å². The van der Waals surface area contributed by atoms with E-state index in [-0.39, 0.29) is 30.3 Å². The highest BCUT2D eigenvalue weighted by atomic mass is 32.1. The molecule has 0 radical (unpaired) electrons. The van der Waals surface area contributed by atoms with Crippen molar-refractivity contribution in [1.29, 1.82) is 0 Å². The fourth-order valence-corrected chi connectivity index (χ4v) is 4.83. The number of nitrogens with one attached hydrogen (secondary N) is 2. The number of Topliss-reactive ketones (excluding diaryl/α,β-unsaturated/α-hetero) is 2. The van der Waals surface area contributed by atoms with Crippen LogP contribution in [0.2, 0.25) is 0 Å². The van der Waals surface area contributed by atoms with E-state index in [2.05, 4.69) is 23.3 Å². The van der Waals surface area contributed by atoms with Crippen LogP contribution in [-0.4, -0.2) is 72.8 Å². The van der Waals surface area contributed by atoms with Crippen molar-refractivity contribution < 1.29 is 23.9 Å². The first-order valence-electron chi connectivity index (χ1n) is 8.99. The molecule has 9 heteroatoms. The van der Waals surface area contributed by atoms with Gasteiger partial charge >= 0.3 is 5.97 Å². The van der Waals surface area contributed by atoms with Crippen LogP contribution in [-0.2, 0) is 23.9 Å². The molecule has 2 saturated heterocycles. The van der Waals surface area contributed by atoms with Gasteiger partial charge in [0.25, 0.3) is 0 Å². The summed E-state index contributed by atoms with van der Waals surface area (Å²) in [5, 5.41) is 6.38. The van der Waals surface area contributed by atoms with Gasteiger partial charge in [-0.05, 0) is 6.92 Å². The Balaban J connectivity index is 1.79. The lowest BCUT2D eigenvalue weighted by atomic mass is 9.82. The minimum atomic E-state index is -0.893. The number of fused-ring (bicyclic) bond motifs is 4. The molecule has 146 valence electrons.